The van der Waals surface area contributed by atoms with E-state index in [-0.39, 0.29) is 0 Å². The summed E-state index contributed by atoms with van der Waals surface area (Å²) in [6.07, 6.45) is 7.56. The molecule has 2 rings (SSSR count). The second-order valence-electron chi connectivity index (χ2n) is 6.13. The first-order valence-electron chi connectivity index (χ1n) is 8.00. The molecule has 0 saturated heterocycles. The Bertz CT molecular complexity index is 456. The van der Waals surface area contributed by atoms with E-state index < -0.39 is 0 Å². The molecule has 0 unspecified atom stereocenters. The lowest BCUT2D eigenvalue weighted by Gasteiger charge is -2.27. The average Bonchev–Trinajstić information content (AvgIpc) is 2.95. The molecular formula is C16H28N4S. The maximum atomic E-state index is 4.67. The first kappa shape index (κ1) is 16.4. The molecule has 0 amide bonds. The van der Waals surface area contributed by atoms with E-state index in [0.717, 1.165) is 30.5 Å². The van der Waals surface area contributed by atoms with Crippen molar-refractivity contribution in [2.24, 2.45) is 0 Å². The molecular weight excluding hydrogens is 280 g/mol. The zero-order chi connectivity index (χ0) is 15.3. The molecule has 0 bridgehead atoms. The van der Waals surface area contributed by atoms with Gasteiger partial charge >= 0.3 is 0 Å². The van der Waals surface area contributed by atoms with Gasteiger partial charge in [0.2, 0.25) is 0 Å². The molecule has 0 aromatic carbocycles. The highest BCUT2D eigenvalue weighted by atomic mass is 32.2. The Hall–Kier alpha value is -0.970. The van der Waals surface area contributed by atoms with Crippen LogP contribution in [-0.4, -0.2) is 34.1 Å². The number of thioether (sulfide) groups is 1. The zero-order valence-electron chi connectivity index (χ0n) is 13.7. The molecule has 21 heavy (non-hydrogen) atoms. The summed E-state index contributed by atoms with van der Waals surface area (Å²) in [6, 6.07) is 2.03. The van der Waals surface area contributed by atoms with Crippen molar-refractivity contribution in [3.8, 4) is 0 Å². The summed E-state index contributed by atoms with van der Waals surface area (Å²) in [6.45, 7) is 8.23. The third-order valence-corrected chi connectivity index (χ3v) is 5.58. The van der Waals surface area contributed by atoms with Crippen LogP contribution in [0.4, 0.5) is 11.6 Å². The number of nitrogens with one attached hydrogen (secondary N) is 2. The van der Waals surface area contributed by atoms with E-state index in [1.54, 1.807) is 0 Å². The Balaban J connectivity index is 2.11. The van der Waals surface area contributed by atoms with Gasteiger partial charge in [-0.3, -0.25) is 0 Å². The molecule has 0 atom stereocenters. The van der Waals surface area contributed by atoms with Crippen LogP contribution < -0.4 is 10.6 Å². The van der Waals surface area contributed by atoms with Crippen LogP contribution in [0, 0.1) is 0 Å². The predicted molar refractivity (Wildman–Crippen MR) is 93.5 cm³/mol. The van der Waals surface area contributed by atoms with Crippen molar-refractivity contribution < 1.29 is 0 Å². The van der Waals surface area contributed by atoms with Crippen molar-refractivity contribution in [2.45, 2.75) is 57.1 Å². The first-order chi connectivity index (χ1) is 10.1. The Kier molecular flexibility index (Phi) is 5.73. The van der Waals surface area contributed by atoms with Crippen molar-refractivity contribution in [3.63, 3.8) is 0 Å². The molecule has 1 aliphatic rings. The van der Waals surface area contributed by atoms with Gasteiger partial charge in [0.15, 0.2) is 0 Å². The summed E-state index contributed by atoms with van der Waals surface area (Å²) >= 11 is 2.00. The smallest absolute Gasteiger partial charge is 0.135 e. The van der Waals surface area contributed by atoms with Gasteiger partial charge in [-0.05, 0) is 26.0 Å². The summed E-state index contributed by atoms with van der Waals surface area (Å²) < 4.78 is 0.390. The van der Waals surface area contributed by atoms with Crippen molar-refractivity contribution in [3.05, 3.63) is 11.9 Å². The summed E-state index contributed by atoms with van der Waals surface area (Å²) in [5.74, 6) is 3.11. The lowest BCUT2D eigenvalue weighted by atomic mass is 10.1. The molecule has 1 aliphatic carbocycles. The number of nitrogens with zero attached hydrogens (tertiary/aromatic N) is 2. The summed E-state index contributed by atoms with van der Waals surface area (Å²) in [5.41, 5.74) is 0. The molecule has 0 radical (unpaired) electrons. The fraction of sp³-hybridized carbons (Fsp3) is 0.750. The highest BCUT2D eigenvalue weighted by molar-refractivity contribution is 8.00. The van der Waals surface area contributed by atoms with Crippen LogP contribution in [0.2, 0.25) is 0 Å². The molecule has 5 heteroatoms. The number of hydrogen-bond donors (Lipinski definition) is 2. The Morgan fingerprint density at radius 1 is 1.19 bits per heavy atom. The van der Waals surface area contributed by atoms with Gasteiger partial charge in [-0.15, -0.1) is 0 Å². The van der Waals surface area contributed by atoms with Gasteiger partial charge in [-0.25, -0.2) is 9.97 Å². The molecule has 1 heterocycles. The number of rotatable bonds is 7. The molecule has 2 N–H and O–H groups in total. The number of hydrogen-bond acceptors (Lipinski definition) is 5. The number of anilines is 2. The van der Waals surface area contributed by atoms with Gasteiger partial charge in [0, 0.05) is 29.8 Å². The highest BCUT2D eigenvalue weighted by Crippen LogP contribution is 2.40. The van der Waals surface area contributed by atoms with Gasteiger partial charge in [-0.1, -0.05) is 26.7 Å². The molecule has 1 aromatic heterocycles. The monoisotopic (exact) mass is 308 g/mol. The van der Waals surface area contributed by atoms with Crippen molar-refractivity contribution in [2.75, 3.05) is 30.0 Å². The standard InChI is InChI=1S/C16H28N4S/c1-5-17-13-10-14(20-15(19-13)12(2)3)18-11-16(21-4)8-6-7-9-16/h10,12H,5-9,11H2,1-4H3,(H2,17,18,19,20). The van der Waals surface area contributed by atoms with Crippen LogP contribution in [0.3, 0.4) is 0 Å². The van der Waals surface area contributed by atoms with Crippen molar-refractivity contribution in [1.82, 2.24) is 9.97 Å². The average molecular weight is 308 g/mol. The summed E-state index contributed by atoms with van der Waals surface area (Å²) in [5, 5.41) is 6.86. The third kappa shape index (κ3) is 4.25. The van der Waals surface area contributed by atoms with Crippen LogP contribution >= 0.6 is 11.8 Å². The van der Waals surface area contributed by atoms with Crippen molar-refractivity contribution >= 4 is 23.4 Å². The SMILES string of the molecule is CCNc1cc(NCC2(SC)CCCC2)nc(C(C)C)n1. The quantitative estimate of drug-likeness (QED) is 0.793. The third-order valence-electron chi connectivity index (χ3n) is 4.16. The van der Waals surface area contributed by atoms with E-state index in [9.17, 15) is 0 Å². The highest BCUT2D eigenvalue weighted by Gasteiger charge is 2.32. The Morgan fingerprint density at radius 3 is 2.33 bits per heavy atom. The van der Waals surface area contributed by atoms with Gasteiger partial charge in [0.25, 0.3) is 0 Å². The van der Waals surface area contributed by atoms with Crippen LogP contribution in [0.25, 0.3) is 0 Å². The minimum atomic E-state index is 0.338. The second-order valence-corrected chi connectivity index (χ2v) is 7.40. The van der Waals surface area contributed by atoms with Gasteiger partial charge in [-0.2, -0.15) is 11.8 Å². The van der Waals surface area contributed by atoms with Gasteiger partial charge in [0.1, 0.15) is 17.5 Å². The van der Waals surface area contributed by atoms with E-state index in [0.29, 0.717) is 10.7 Å². The largest absolute Gasteiger partial charge is 0.370 e. The van der Waals surface area contributed by atoms with Crippen LogP contribution in [0.1, 0.15) is 58.2 Å². The zero-order valence-corrected chi connectivity index (χ0v) is 14.5. The number of aromatic nitrogens is 2. The molecule has 1 fully saturated rings. The normalized spacial score (nSPS) is 17.2. The molecule has 0 spiro atoms. The molecule has 118 valence electrons. The Labute approximate surface area is 132 Å². The minimum Gasteiger partial charge on any atom is -0.370 e. The minimum absolute atomic E-state index is 0.338. The molecule has 0 aliphatic heterocycles. The molecule has 1 saturated carbocycles. The topological polar surface area (TPSA) is 49.8 Å². The predicted octanol–water partition coefficient (Wildman–Crippen LogP) is 4.12. The second kappa shape index (κ2) is 7.34. The fourth-order valence-corrected chi connectivity index (χ4v) is 3.72. The Morgan fingerprint density at radius 2 is 1.81 bits per heavy atom. The lowest BCUT2D eigenvalue weighted by Crippen LogP contribution is -2.30. The summed E-state index contributed by atoms with van der Waals surface area (Å²) in [4.78, 5) is 9.24. The van der Waals surface area contributed by atoms with E-state index in [2.05, 4.69) is 47.6 Å². The maximum Gasteiger partial charge on any atom is 0.135 e. The van der Waals surface area contributed by atoms with E-state index in [1.165, 1.54) is 25.7 Å². The maximum absolute atomic E-state index is 4.67. The van der Waals surface area contributed by atoms with Gasteiger partial charge in [0.05, 0.1) is 0 Å². The van der Waals surface area contributed by atoms with E-state index in [1.807, 2.05) is 17.8 Å². The van der Waals surface area contributed by atoms with E-state index in [4.69, 9.17) is 0 Å². The van der Waals surface area contributed by atoms with Gasteiger partial charge < -0.3 is 10.6 Å². The van der Waals surface area contributed by atoms with Crippen LogP contribution in [0.5, 0.6) is 0 Å². The lowest BCUT2D eigenvalue weighted by molar-refractivity contribution is 0.637. The molecule has 1 aromatic rings. The summed E-state index contributed by atoms with van der Waals surface area (Å²) in [7, 11) is 0. The fourth-order valence-electron chi connectivity index (χ4n) is 2.81. The molecule has 4 nitrogen and oxygen atoms in total. The van der Waals surface area contributed by atoms with Crippen molar-refractivity contribution in [1.29, 1.82) is 0 Å². The first-order valence-corrected chi connectivity index (χ1v) is 9.23. The van der Waals surface area contributed by atoms with Crippen LogP contribution in [0.15, 0.2) is 6.07 Å². The van der Waals surface area contributed by atoms with E-state index >= 15 is 0 Å². The van der Waals surface area contributed by atoms with Crippen LogP contribution in [-0.2, 0) is 0 Å².